The van der Waals surface area contributed by atoms with E-state index in [0.717, 1.165) is 22.5 Å². The van der Waals surface area contributed by atoms with Crippen molar-refractivity contribution in [1.29, 1.82) is 0 Å². The standard InChI is InChI=1S/C18H16NO.C5H8O2.Ir/c1-12-9-13(2)16-7-8-17(19-18(16)10-12)14-5-4-6-15(11-14)20-3;1-4(6)3-5(2)7;/h4,6-11H,1-3H3;3,6H,1-2H3;/q-1;;/b;4-3-;. The number of allylic oxidation sites excluding steroid dienone is 2. The van der Waals surface area contributed by atoms with Gasteiger partial charge in [-0.25, -0.2) is 0 Å². The van der Waals surface area contributed by atoms with Crippen LogP contribution in [0.2, 0.25) is 0 Å². The fourth-order valence-electron chi connectivity index (χ4n) is 2.76. The van der Waals surface area contributed by atoms with Gasteiger partial charge in [-0.05, 0) is 50.6 Å². The van der Waals surface area contributed by atoms with E-state index in [1.165, 1.54) is 36.4 Å². The summed E-state index contributed by atoms with van der Waals surface area (Å²) in [6.45, 7) is 7.06. The first kappa shape index (κ1) is 23.5. The Kier molecular flexibility index (Phi) is 9.04. The topological polar surface area (TPSA) is 59.4 Å². The summed E-state index contributed by atoms with van der Waals surface area (Å²) in [5, 5.41) is 9.56. The Hall–Kier alpha value is -2.49. The van der Waals surface area contributed by atoms with Crippen molar-refractivity contribution in [2.75, 3.05) is 7.11 Å². The number of rotatable bonds is 3. The zero-order valence-electron chi connectivity index (χ0n) is 16.7. The summed E-state index contributed by atoms with van der Waals surface area (Å²) in [5.74, 6) is 0.758. The van der Waals surface area contributed by atoms with Gasteiger partial charge in [-0.15, -0.1) is 29.8 Å². The van der Waals surface area contributed by atoms with Gasteiger partial charge in [0, 0.05) is 37.3 Å². The zero-order chi connectivity index (χ0) is 20.0. The van der Waals surface area contributed by atoms with Crippen molar-refractivity contribution in [2.24, 2.45) is 0 Å². The molecule has 1 heterocycles. The number of carbonyl (C=O) groups is 1. The molecule has 0 amide bonds. The number of hydrogen-bond donors (Lipinski definition) is 1. The van der Waals surface area contributed by atoms with Crippen LogP contribution in [0.4, 0.5) is 0 Å². The zero-order valence-corrected chi connectivity index (χ0v) is 19.1. The fourth-order valence-corrected chi connectivity index (χ4v) is 2.76. The van der Waals surface area contributed by atoms with Crippen LogP contribution in [-0.4, -0.2) is 23.0 Å². The number of benzene rings is 2. The summed E-state index contributed by atoms with van der Waals surface area (Å²) >= 11 is 0. The molecule has 1 aromatic heterocycles. The summed E-state index contributed by atoms with van der Waals surface area (Å²) < 4.78 is 5.25. The number of nitrogens with zero attached hydrogens (tertiary/aromatic N) is 1. The minimum absolute atomic E-state index is 0. The molecule has 3 aromatic rings. The van der Waals surface area contributed by atoms with Crippen molar-refractivity contribution < 1.29 is 34.7 Å². The van der Waals surface area contributed by atoms with Crippen molar-refractivity contribution in [3.63, 3.8) is 0 Å². The Morgan fingerprint density at radius 2 is 1.86 bits per heavy atom. The van der Waals surface area contributed by atoms with Crippen LogP contribution in [0.1, 0.15) is 25.0 Å². The molecule has 0 saturated heterocycles. The number of ether oxygens (including phenoxy) is 1. The van der Waals surface area contributed by atoms with Gasteiger partial charge in [-0.3, -0.25) is 9.78 Å². The molecule has 0 fully saturated rings. The number of aryl methyl sites for hydroxylation is 2. The molecule has 0 unspecified atom stereocenters. The molecular weight excluding hydrogens is 530 g/mol. The van der Waals surface area contributed by atoms with Crippen molar-refractivity contribution >= 4 is 16.7 Å². The van der Waals surface area contributed by atoms with Crippen LogP contribution in [0.25, 0.3) is 22.2 Å². The molecule has 4 nitrogen and oxygen atoms in total. The number of carbonyl (C=O) groups excluding carboxylic acids is 1. The molecule has 0 spiro atoms. The van der Waals surface area contributed by atoms with E-state index in [2.05, 4.69) is 38.1 Å². The third-order valence-electron chi connectivity index (χ3n) is 3.85. The van der Waals surface area contributed by atoms with Crippen LogP contribution in [0.5, 0.6) is 5.75 Å². The normalized spacial score (nSPS) is 10.5. The molecule has 0 aliphatic carbocycles. The number of hydrogen-bond acceptors (Lipinski definition) is 4. The average Bonchev–Trinajstić information content (AvgIpc) is 2.60. The smallest absolute Gasteiger partial charge is 0.155 e. The Bertz CT molecular complexity index is 992. The van der Waals surface area contributed by atoms with E-state index in [9.17, 15) is 4.79 Å². The largest absolute Gasteiger partial charge is 0.516 e. The molecule has 149 valence electrons. The van der Waals surface area contributed by atoms with Crippen molar-refractivity contribution in [3.8, 4) is 17.0 Å². The number of methoxy groups -OCH3 is 1. The summed E-state index contributed by atoms with van der Waals surface area (Å²) in [7, 11) is 1.67. The van der Waals surface area contributed by atoms with Gasteiger partial charge in [0.15, 0.2) is 5.78 Å². The second-order valence-electron chi connectivity index (χ2n) is 6.38. The first-order chi connectivity index (χ1) is 12.8. The van der Waals surface area contributed by atoms with Gasteiger partial charge in [0.05, 0.1) is 18.4 Å². The van der Waals surface area contributed by atoms with Crippen molar-refractivity contribution in [3.05, 3.63) is 71.5 Å². The predicted octanol–water partition coefficient (Wildman–Crippen LogP) is 5.36. The Morgan fingerprint density at radius 1 is 1.14 bits per heavy atom. The number of aliphatic hydroxyl groups excluding tert-OH is 1. The molecule has 3 rings (SSSR count). The number of aromatic nitrogens is 1. The minimum Gasteiger partial charge on any atom is -0.516 e. The van der Waals surface area contributed by atoms with Gasteiger partial charge in [0.1, 0.15) is 0 Å². The Labute approximate surface area is 179 Å². The second kappa shape index (κ2) is 10.7. The predicted molar refractivity (Wildman–Crippen MR) is 109 cm³/mol. The van der Waals surface area contributed by atoms with Crippen LogP contribution in [-0.2, 0) is 24.9 Å². The van der Waals surface area contributed by atoms with Crippen LogP contribution in [0.3, 0.4) is 0 Å². The number of fused-ring (bicyclic) bond motifs is 1. The van der Waals surface area contributed by atoms with Gasteiger partial charge in [0.25, 0.3) is 0 Å². The Balaban J connectivity index is 0.000000425. The third-order valence-corrected chi connectivity index (χ3v) is 3.85. The fraction of sp³-hybridized carbons (Fsp3) is 0.217. The monoisotopic (exact) mass is 555 g/mol. The first-order valence-electron chi connectivity index (χ1n) is 8.62. The van der Waals surface area contributed by atoms with Gasteiger partial charge in [-0.1, -0.05) is 18.2 Å². The SMILES string of the molecule is CC(=O)/C=C(/C)O.COc1cc[c-]c(-c2ccc3c(C)cc(C)cc3n2)c1.[Ir]. The molecule has 5 heteroatoms. The number of aliphatic hydroxyl groups is 1. The van der Waals surface area contributed by atoms with E-state index in [-0.39, 0.29) is 31.6 Å². The second-order valence-corrected chi connectivity index (χ2v) is 6.38. The van der Waals surface area contributed by atoms with Gasteiger partial charge >= 0.3 is 0 Å². The maximum atomic E-state index is 10.0. The molecule has 0 saturated carbocycles. The number of ketones is 1. The molecular formula is C23H24IrNO3-. The molecule has 0 aliphatic heterocycles. The maximum absolute atomic E-state index is 10.0. The molecule has 0 atom stereocenters. The molecule has 2 aromatic carbocycles. The minimum atomic E-state index is -0.125. The molecule has 0 bridgehead atoms. The molecule has 1 radical (unpaired) electrons. The van der Waals surface area contributed by atoms with Crippen molar-refractivity contribution in [2.45, 2.75) is 27.7 Å². The van der Waals surface area contributed by atoms with E-state index in [1.807, 2.05) is 24.3 Å². The number of pyridine rings is 1. The summed E-state index contributed by atoms with van der Waals surface area (Å²) in [6, 6.07) is 17.4. The van der Waals surface area contributed by atoms with Gasteiger partial charge in [-0.2, -0.15) is 0 Å². The quantitative estimate of drug-likeness (QED) is 0.269. The van der Waals surface area contributed by atoms with E-state index in [1.54, 1.807) is 7.11 Å². The van der Waals surface area contributed by atoms with E-state index in [0.29, 0.717) is 0 Å². The third kappa shape index (κ3) is 6.59. The van der Waals surface area contributed by atoms with Gasteiger partial charge < -0.3 is 9.84 Å². The molecule has 1 N–H and O–H groups in total. The van der Waals surface area contributed by atoms with Crippen molar-refractivity contribution in [1.82, 2.24) is 4.98 Å². The van der Waals surface area contributed by atoms with E-state index in [4.69, 9.17) is 14.8 Å². The van der Waals surface area contributed by atoms with Crippen LogP contribution in [0.15, 0.2) is 54.3 Å². The van der Waals surface area contributed by atoms with E-state index < -0.39 is 0 Å². The van der Waals surface area contributed by atoms with Crippen LogP contribution < -0.4 is 4.74 Å². The van der Waals surface area contributed by atoms with Crippen LogP contribution in [0, 0.1) is 19.9 Å². The Morgan fingerprint density at radius 3 is 2.43 bits per heavy atom. The average molecular weight is 555 g/mol. The van der Waals surface area contributed by atoms with Gasteiger partial charge in [0.2, 0.25) is 0 Å². The first-order valence-corrected chi connectivity index (χ1v) is 8.62. The maximum Gasteiger partial charge on any atom is 0.155 e. The molecule has 0 aliphatic rings. The summed E-state index contributed by atoms with van der Waals surface area (Å²) in [5.41, 5.74) is 5.38. The molecule has 28 heavy (non-hydrogen) atoms. The summed E-state index contributed by atoms with van der Waals surface area (Å²) in [6.07, 6.45) is 1.17. The van der Waals surface area contributed by atoms with E-state index >= 15 is 0 Å². The van der Waals surface area contributed by atoms with Crippen LogP contribution >= 0.6 is 0 Å². The summed E-state index contributed by atoms with van der Waals surface area (Å²) in [4.78, 5) is 14.8.